The lowest BCUT2D eigenvalue weighted by Crippen LogP contribution is -2.31. The van der Waals surface area contributed by atoms with Crippen molar-refractivity contribution < 1.29 is 17.4 Å². The fraction of sp³-hybridized carbons (Fsp3) is 0.462. The van der Waals surface area contributed by atoms with Gasteiger partial charge in [-0.2, -0.15) is 8.42 Å². The predicted octanol–water partition coefficient (Wildman–Crippen LogP) is 1.55. The van der Waals surface area contributed by atoms with Gasteiger partial charge in [0.1, 0.15) is 0 Å². The molecule has 1 N–H and O–H groups in total. The largest absolute Gasteiger partial charge is 0.388 e. The van der Waals surface area contributed by atoms with Crippen molar-refractivity contribution in [1.82, 2.24) is 4.90 Å². The summed E-state index contributed by atoms with van der Waals surface area (Å²) < 4.78 is 27.6. The third kappa shape index (κ3) is 4.12. The number of nitrogens with one attached hydrogen (secondary N) is 1. The number of carbonyl (C=O) groups is 1. The SMILES string of the molecule is CCN(CC)C(=O)c1ccc(NC)cc1OS(C)(=O)=O. The van der Waals surface area contributed by atoms with Gasteiger partial charge in [-0.15, -0.1) is 0 Å². The highest BCUT2D eigenvalue weighted by molar-refractivity contribution is 7.86. The average Bonchev–Trinajstić information content (AvgIpc) is 2.38. The Hall–Kier alpha value is -1.76. The van der Waals surface area contributed by atoms with Gasteiger partial charge in [0.05, 0.1) is 11.8 Å². The zero-order valence-electron chi connectivity index (χ0n) is 12.1. The van der Waals surface area contributed by atoms with Crippen molar-refractivity contribution in [3.8, 4) is 5.75 Å². The second-order valence-electron chi connectivity index (χ2n) is 4.23. The van der Waals surface area contributed by atoms with Gasteiger partial charge in [-0.25, -0.2) is 0 Å². The first-order valence-corrected chi connectivity index (χ1v) is 8.14. The van der Waals surface area contributed by atoms with Crippen LogP contribution in [0.15, 0.2) is 18.2 Å². The Balaban J connectivity index is 3.27. The van der Waals surface area contributed by atoms with Gasteiger partial charge in [0.25, 0.3) is 5.91 Å². The van der Waals surface area contributed by atoms with Gasteiger partial charge in [-0.1, -0.05) is 0 Å². The van der Waals surface area contributed by atoms with Crippen molar-refractivity contribution in [1.29, 1.82) is 0 Å². The molecule has 0 heterocycles. The van der Waals surface area contributed by atoms with Crippen LogP contribution in [0.25, 0.3) is 0 Å². The maximum atomic E-state index is 12.3. The van der Waals surface area contributed by atoms with Gasteiger partial charge < -0.3 is 14.4 Å². The number of nitrogens with zero attached hydrogens (tertiary/aromatic N) is 1. The molecule has 0 saturated heterocycles. The fourth-order valence-corrected chi connectivity index (χ4v) is 2.23. The fourth-order valence-electron chi connectivity index (χ4n) is 1.77. The number of hydrogen-bond donors (Lipinski definition) is 1. The molecular weight excluding hydrogens is 280 g/mol. The molecule has 112 valence electrons. The van der Waals surface area contributed by atoms with Crippen molar-refractivity contribution in [3.63, 3.8) is 0 Å². The summed E-state index contributed by atoms with van der Waals surface area (Å²) in [5.74, 6) is -0.215. The molecule has 6 nitrogen and oxygen atoms in total. The minimum atomic E-state index is -3.70. The van der Waals surface area contributed by atoms with E-state index in [2.05, 4.69) is 5.32 Å². The van der Waals surface area contributed by atoms with Gasteiger partial charge >= 0.3 is 10.1 Å². The Morgan fingerprint density at radius 3 is 2.35 bits per heavy atom. The molecule has 0 spiro atoms. The Kier molecular flexibility index (Phi) is 5.38. The summed E-state index contributed by atoms with van der Waals surface area (Å²) in [6.07, 6.45) is 0.949. The Morgan fingerprint density at radius 1 is 1.30 bits per heavy atom. The number of carbonyl (C=O) groups excluding carboxylic acids is 1. The van der Waals surface area contributed by atoms with E-state index in [-0.39, 0.29) is 17.2 Å². The van der Waals surface area contributed by atoms with Crippen LogP contribution >= 0.6 is 0 Å². The highest BCUT2D eigenvalue weighted by atomic mass is 32.2. The number of amides is 1. The molecule has 1 amide bonds. The molecule has 7 heteroatoms. The van der Waals surface area contributed by atoms with Gasteiger partial charge in [0, 0.05) is 31.9 Å². The van der Waals surface area contributed by atoms with E-state index < -0.39 is 10.1 Å². The summed E-state index contributed by atoms with van der Waals surface area (Å²) in [7, 11) is -2.00. The summed E-state index contributed by atoms with van der Waals surface area (Å²) in [6.45, 7) is 4.81. The molecule has 0 unspecified atom stereocenters. The van der Waals surface area contributed by atoms with E-state index in [1.807, 2.05) is 13.8 Å². The van der Waals surface area contributed by atoms with Crippen LogP contribution in [0.4, 0.5) is 5.69 Å². The van der Waals surface area contributed by atoms with E-state index in [9.17, 15) is 13.2 Å². The standard InChI is InChI=1S/C13H20N2O4S/c1-5-15(6-2)13(16)11-8-7-10(14-3)9-12(11)19-20(4,17)18/h7-9,14H,5-6H2,1-4H3. The summed E-state index contributed by atoms with van der Waals surface area (Å²) in [4.78, 5) is 13.9. The summed E-state index contributed by atoms with van der Waals surface area (Å²) >= 11 is 0. The Morgan fingerprint density at radius 2 is 1.90 bits per heavy atom. The first-order valence-electron chi connectivity index (χ1n) is 6.32. The van der Waals surface area contributed by atoms with Crippen molar-refractivity contribution in [2.75, 3.05) is 31.7 Å². The van der Waals surface area contributed by atoms with Crippen LogP contribution in [0.3, 0.4) is 0 Å². The molecule has 1 rings (SSSR count). The normalized spacial score (nSPS) is 11.0. The van der Waals surface area contributed by atoms with Crippen LogP contribution in [0.2, 0.25) is 0 Å². The zero-order chi connectivity index (χ0) is 15.3. The van der Waals surface area contributed by atoms with E-state index >= 15 is 0 Å². The number of rotatable bonds is 6. The lowest BCUT2D eigenvalue weighted by Gasteiger charge is -2.20. The first-order chi connectivity index (χ1) is 9.32. The molecule has 1 aromatic carbocycles. The number of hydrogen-bond acceptors (Lipinski definition) is 5. The second-order valence-corrected chi connectivity index (χ2v) is 5.80. The Bertz CT molecular complexity index is 580. The molecule has 0 aliphatic heterocycles. The van der Waals surface area contributed by atoms with Crippen LogP contribution in [-0.2, 0) is 10.1 Å². The van der Waals surface area contributed by atoms with Gasteiger partial charge in [-0.05, 0) is 26.0 Å². The third-order valence-electron chi connectivity index (χ3n) is 2.79. The minimum Gasteiger partial charge on any atom is -0.388 e. The maximum absolute atomic E-state index is 12.3. The molecule has 0 bridgehead atoms. The van der Waals surface area contributed by atoms with Crippen LogP contribution in [0.1, 0.15) is 24.2 Å². The monoisotopic (exact) mass is 300 g/mol. The first kappa shape index (κ1) is 16.3. The van der Waals surface area contributed by atoms with E-state index in [0.717, 1.165) is 6.26 Å². The molecule has 0 saturated carbocycles. The molecular formula is C13H20N2O4S. The summed E-state index contributed by atoms with van der Waals surface area (Å²) in [5.41, 5.74) is 0.901. The molecule has 0 aliphatic carbocycles. The molecule has 0 aliphatic rings. The van der Waals surface area contributed by atoms with Gasteiger partial charge in [0.2, 0.25) is 0 Å². The lowest BCUT2D eigenvalue weighted by molar-refractivity contribution is 0.0771. The van der Waals surface area contributed by atoms with Crippen molar-refractivity contribution >= 4 is 21.7 Å². The zero-order valence-corrected chi connectivity index (χ0v) is 13.0. The second kappa shape index (κ2) is 6.60. The van der Waals surface area contributed by atoms with Crippen LogP contribution in [-0.4, -0.2) is 45.6 Å². The Labute approximate surface area is 119 Å². The van der Waals surface area contributed by atoms with E-state index in [4.69, 9.17) is 4.18 Å². The smallest absolute Gasteiger partial charge is 0.306 e. The lowest BCUT2D eigenvalue weighted by atomic mass is 10.1. The minimum absolute atomic E-state index is 0.0382. The van der Waals surface area contributed by atoms with E-state index in [1.54, 1.807) is 24.1 Å². The van der Waals surface area contributed by atoms with Crippen molar-refractivity contribution in [2.24, 2.45) is 0 Å². The third-order valence-corrected chi connectivity index (χ3v) is 3.27. The summed E-state index contributed by atoms with van der Waals surface area (Å²) in [5, 5.41) is 2.88. The van der Waals surface area contributed by atoms with Crippen molar-refractivity contribution in [2.45, 2.75) is 13.8 Å². The highest BCUT2D eigenvalue weighted by Crippen LogP contribution is 2.25. The molecule has 0 atom stereocenters. The molecule has 1 aromatic rings. The average molecular weight is 300 g/mol. The van der Waals surface area contributed by atoms with Crippen LogP contribution < -0.4 is 9.50 Å². The molecule has 20 heavy (non-hydrogen) atoms. The topological polar surface area (TPSA) is 75.7 Å². The molecule has 0 fully saturated rings. The predicted molar refractivity (Wildman–Crippen MR) is 78.7 cm³/mol. The number of benzene rings is 1. The summed E-state index contributed by atoms with van der Waals surface area (Å²) in [6, 6.07) is 4.76. The van der Waals surface area contributed by atoms with Crippen LogP contribution in [0.5, 0.6) is 5.75 Å². The quantitative estimate of drug-likeness (QED) is 0.807. The van der Waals surface area contributed by atoms with E-state index in [1.165, 1.54) is 6.07 Å². The van der Waals surface area contributed by atoms with Crippen molar-refractivity contribution in [3.05, 3.63) is 23.8 Å². The van der Waals surface area contributed by atoms with Gasteiger partial charge in [0.15, 0.2) is 5.75 Å². The van der Waals surface area contributed by atoms with Crippen LogP contribution in [0, 0.1) is 0 Å². The maximum Gasteiger partial charge on any atom is 0.306 e. The number of anilines is 1. The molecule has 0 aromatic heterocycles. The molecule has 0 radical (unpaired) electrons. The highest BCUT2D eigenvalue weighted by Gasteiger charge is 2.20. The van der Waals surface area contributed by atoms with E-state index in [0.29, 0.717) is 18.8 Å². The van der Waals surface area contributed by atoms with Gasteiger partial charge in [-0.3, -0.25) is 4.79 Å².